The van der Waals surface area contributed by atoms with Crippen LogP contribution >= 0.6 is 0 Å². The Balaban J connectivity index is 2.47. The first-order valence-electron chi connectivity index (χ1n) is 5.03. The highest BCUT2D eigenvalue weighted by atomic mass is 16.5. The van der Waals surface area contributed by atoms with Gasteiger partial charge in [-0.1, -0.05) is 0 Å². The van der Waals surface area contributed by atoms with E-state index in [2.05, 4.69) is 30.9 Å². The maximum atomic E-state index is 5.50. The molecule has 1 aliphatic rings. The van der Waals surface area contributed by atoms with Gasteiger partial charge in [-0.25, -0.2) is 0 Å². The minimum absolute atomic E-state index is 0.280. The van der Waals surface area contributed by atoms with Crippen LogP contribution in [0.5, 0.6) is 0 Å². The first kappa shape index (κ1) is 11.0. The molecule has 0 N–H and O–H groups in total. The molecule has 0 spiro atoms. The number of hydrogen-bond acceptors (Lipinski definition) is 3. The van der Waals surface area contributed by atoms with Gasteiger partial charge >= 0.3 is 0 Å². The second kappa shape index (κ2) is 4.94. The van der Waals surface area contributed by atoms with Crippen LogP contribution in [0.4, 0.5) is 0 Å². The lowest BCUT2D eigenvalue weighted by Crippen LogP contribution is -2.45. The Labute approximate surface area is 81.7 Å². The summed E-state index contributed by atoms with van der Waals surface area (Å²) in [7, 11) is 8.17. The monoisotopic (exact) mass is 186 g/mol. The first-order valence-corrected chi connectivity index (χ1v) is 5.03. The Kier molecular flexibility index (Phi) is 4.16. The van der Waals surface area contributed by atoms with Crippen molar-refractivity contribution in [2.24, 2.45) is 5.92 Å². The van der Waals surface area contributed by atoms with E-state index < -0.39 is 0 Å². The topological polar surface area (TPSA) is 15.7 Å². The molecule has 0 aromatic carbocycles. The van der Waals surface area contributed by atoms with Crippen LogP contribution in [0, 0.1) is 5.92 Å². The van der Waals surface area contributed by atoms with E-state index in [1.165, 1.54) is 19.4 Å². The fraction of sp³-hybridized carbons (Fsp3) is 1.00. The van der Waals surface area contributed by atoms with Gasteiger partial charge in [-0.2, -0.15) is 0 Å². The average molecular weight is 186 g/mol. The molecule has 1 heterocycles. The number of piperidine rings is 1. The minimum atomic E-state index is 0.280. The summed E-state index contributed by atoms with van der Waals surface area (Å²) < 4.78 is 5.50. The second-order valence-corrected chi connectivity index (χ2v) is 4.25. The first-order chi connectivity index (χ1) is 6.15. The van der Waals surface area contributed by atoms with Gasteiger partial charge in [-0.05, 0) is 40.5 Å². The molecule has 1 aliphatic heterocycles. The van der Waals surface area contributed by atoms with Crippen LogP contribution in [0.25, 0.3) is 0 Å². The van der Waals surface area contributed by atoms with Crippen molar-refractivity contribution in [1.29, 1.82) is 0 Å². The zero-order valence-electron chi connectivity index (χ0n) is 9.29. The van der Waals surface area contributed by atoms with E-state index in [4.69, 9.17) is 4.74 Å². The Hall–Kier alpha value is -0.120. The van der Waals surface area contributed by atoms with E-state index in [9.17, 15) is 0 Å². The molecule has 0 saturated carbocycles. The standard InChI is InChI=1S/C10H22N2O/c1-11(2)10(13-4)9-6-5-7-12(3)8-9/h9-10H,5-8H2,1-4H3. The largest absolute Gasteiger partial charge is 0.366 e. The lowest BCUT2D eigenvalue weighted by Gasteiger charge is -2.37. The van der Waals surface area contributed by atoms with Crippen molar-refractivity contribution in [2.45, 2.75) is 19.1 Å². The summed E-state index contributed by atoms with van der Waals surface area (Å²) >= 11 is 0. The molecule has 0 aromatic rings. The Bertz CT molecular complexity index is 150. The molecular weight excluding hydrogens is 164 g/mol. The molecule has 1 saturated heterocycles. The summed E-state index contributed by atoms with van der Waals surface area (Å²) in [5, 5.41) is 0. The van der Waals surface area contributed by atoms with Crippen LogP contribution in [0.15, 0.2) is 0 Å². The fourth-order valence-corrected chi connectivity index (χ4v) is 2.26. The molecule has 3 heteroatoms. The van der Waals surface area contributed by atoms with Crippen molar-refractivity contribution in [3.8, 4) is 0 Å². The predicted octanol–water partition coefficient (Wildman–Crippen LogP) is 0.862. The molecular formula is C10H22N2O. The van der Waals surface area contributed by atoms with Gasteiger partial charge in [0.05, 0.1) is 0 Å². The van der Waals surface area contributed by atoms with Crippen LogP contribution in [0.3, 0.4) is 0 Å². The third kappa shape index (κ3) is 2.93. The van der Waals surface area contributed by atoms with Crippen molar-refractivity contribution >= 4 is 0 Å². The highest BCUT2D eigenvalue weighted by Gasteiger charge is 2.26. The molecule has 0 radical (unpaired) electrons. The Morgan fingerprint density at radius 1 is 1.46 bits per heavy atom. The molecule has 2 atom stereocenters. The van der Waals surface area contributed by atoms with Crippen molar-refractivity contribution in [1.82, 2.24) is 9.80 Å². The van der Waals surface area contributed by atoms with Gasteiger partial charge in [0.1, 0.15) is 6.23 Å². The van der Waals surface area contributed by atoms with Crippen LogP contribution in [-0.4, -0.2) is 57.4 Å². The number of nitrogens with zero attached hydrogens (tertiary/aromatic N) is 2. The summed E-state index contributed by atoms with van der Waals surface area (Å²) in [5.41, 5.74) is 0. The molecule has 2 unspecified atom stereocenters. The molecule has 1 rings (SSSR count). The maximum absolute atomic E-state index is 5.50. The fourth-order valence-electron chi connectivity index (χ4n) is 2.26. The smallest absolute Gasteiger partial charge is 0.113 e. The maximum Gasteiger partial charge on any atom is 0.113 e. The predicted molar refractivity (Wildman–Crippen MR) is 54.7 cm³/mol. The molecule has 3 nitrogen and oxygen atoms in total. The summed E-state index contributed by atoms with van der Waals surface area (Å²) in [4.78, 5) is 4.56. The van der Waals surface area contributed by atoms with Gasteiger partial charge < -0.3 is 9.64 Å². The third-order valence-electron chi connectivity index (χ3n) is 2.81. The van der Waals surface area contributed by atoms with Gasteiger partial charge in [0.15, 0.2) is 0 Å². The van der Waals surface area contributed by atoms with E-state index >= 15 is 0 Å². The van der Waals surface area contributed by atoms with Crippen LogP contribution < -0.4 is 0 Å². The second-order valence-electron chi connectivity index (χ2n) is 4.25. The molecule has 0 aliphatic carbocycles. The van der Waals surface area contributed by atoms with E-state index in [0.717, 1.165) is 6.54 Å². The number of rotatable bonds is 3. The molecule has 0 aromatic heterocycles. The van der Waals surface area contributed by atoms with Crippen molar-refractivity contribution in [3.05, 3.63) is 0 Å². The van der Waals surface area contributed by atoms with Crippen molar-refractivity contribution in [3.63, 3.8) is 0 Å². The van der Waals surface area contributed by atoms with E-state index in [1.54, 1.807) is 7.11 Å². The Morgan fingerprint density at radius 3 is 2.62 bits per heavy atom. The Morgan fingerprint density at radius 2 is 2.15 bits per heavy atom. The highest BCUT2D eigenvalue weighted by Crippen LogP contribution is 2.21. The van der Waals surface area contributed by atoms with E-state index in [0.29, 0.717) is 5.92 Å². The summed E-state index contributed by atoms with van der Waals surface area (Å²) in [5.74, 6) is 0.666. The zero-order chi connectivity index (χ0) is 9.84. The number of ether oxygens (including phenoxy) is 1. The number of methoxy groups -OCH3 is 1. The average Bonchev–Trinajstić information content (AvgIpc) is 2.04. The lowest BCUT2D eigenvalue weighted by molar-refractivity contribution is -0.0636. The van der Waals surface area contributed by atoms with Crippen LogP contribution in [0.2, 0.25) is 0 Å². The van der Waals surface area contributed by atoms with Gasteiger partial charge in [0.2, 0.25) is 0 Å². The lowest BCUT2D eigenvalue weighted by atomic mass is 9.96. The zero-order valence-corrected chi connectivity index (χ0v) is 9.29. The summed E-state index contributed by atoms with van der Waals surface area (Å²) in [6.07, 6.45) is 2.87. The molecule has 13 heavy (non-hydrogen) atoms. The van der Waals surface area contributed by atoms with E-state index in [1.807, 2.05) is 0 Å². The van der Waals surface area contributed by atoms with Gasteiger partial charge in [0.25, 0.3) is 0 Å². The number of hydrogen-bond donors (Lipinski definition) is 0. The van der Waals surface area contributed by atoms with Gasteiger partial charge in [-0.3, -0.25) is 4.90 Å². The van der Waals surface area contributed by atoms with Crippen LogP contribution in [0.1, 0.15) is 12.8 Å². The van der Waals surface area contributed by atoms with Crippen molar-refractivity contribution < 1.29 is 4.74 Å². The van der Waals surface area contributed by atoms with Crippen LogP contribution in [-0.2, 0) is 4.74 Å². The number of likely N-dealkylation sites (tertiary alicyclic amines) is 1. The quantitative estimate of drug-likeness (QED) is 0.608. The molecule has 78 valence electrons. The van der Waals surface area contributed by atoms with Gasteiger partial charge in [0, 0.05) is 19.6 Å². The molecule has 0 amide bonds. The summed E-state index contributed by atoms with van der Waals surface area (Å²) in [6, 6.07) is 0. The SMILES string of the molecule is COC(C1CCCN(C)C1)N(C)C. The van der Waals surface area contributed by atoms with E-state index in [-0.39, 0.29) is 6.23 Å². The minimum Gasteiger partial charge on any atom is -0.366 e. The molecule has 0 bridgehead atoms. The third-order valence-corrected chi connectivity index (χ3v) is 2.81. The van der Waals surface area contributed by atoms with Gasteiger partial charge in [-0.15, -0.1) is 0 Å². The highest BCUT2D eigenvalue weighted by molar-refractivity contribution is 4.76. The molecule has 1 fully saturated rings. The van der Waals surface area contributed by atoms with Crippen molar-refractivity contribution in [2.75, 3.05) is 41.3 Å². The normalized spacial score (nSPS) is 27.9. The summed E-state index contributed by atoms with van der Waals surface area (Å²) in [6.45, 7) is 2.40.